The van der Waals surface area contributed by atoms with Crippen molar-refractivity contribution in [2.24, 2.45) is 11.8 Å². The monoisotopic (exact) mass is 500 g/mol. The van der Waals surface area contributed by atoms with E-state index in [1.807, 2.05) is 20.8 Å². The van der Waals surface area contributed by atoms with Crippen LogP contribution in [0, 0.1) is 11.8 Å². The highest BCUT2D eigenvalue weighted by molar-refractivity contribution is 9.09. The molecule has 8 atom stereocenters. The second-order valence-electron chi connectivity index (χ2n) is 8.91. The number of hydrogen-bond acceptors (Lipinski definition) is 5. The molecule has 2 amide bonds. The zero-order valence-electron chi connectivity index (χ0n) is 18.4. The number of fused-ring (bicyclic) bond motifs is 1. The minimum atomic E-state index is -1.22. The van der Waals surface area contributed by atoms with Crippen molar-refractivity contribution in [3.8, 4) is 0 Å². The molecule has 0 aromatic rings. The average molecular weight is 501 g/mol. The number of halogens is 1. The maximum Gasteiger partial charge on any atom is 0.310 e. The van der Waals surface area contributed by atoms with Gasteiger partial charge >= 0.3 is 5.97 Å². The van der Waals surface area contributed by atoms with Gasteiger partial charge < -0.3 is 24.7 Å². The Morgan fingerprint density at radius 3 is 2.65 bits per heavy atom. The number of carboxylic acid groups (broad SMARTS) is 1. The molecule has 0 radical (unpaired) electrons. The summed E-state index contributed by atoms with van der Waals surface area (Å²) < 4.78 is 6.27. The first-order valence-electron chi connectivity index (χ1n) is 11.1. The molecular weight excluding hydrogens is 468 g/mol. The number of rotatable bonds is 10. The number of aliphatic hydroxyl groups is 1. The van der Waals surface area contributed by atoms with Gasteiger partial charge in [-0.25, -0.2) is 0 Å². The molecule has 3 aliphatic heterocycles. The Bertz CT molecular complexity index is 744. The molecular formula is C22H33BrN2O6. The maximum atomic E-state index is 14.0. The predicted octanol–water partition coefficient (Wildman–Crippen LogP) is 1.79. The summed E-state index contributed by atoms with van der Waals surface area (Å²) in [4.78, 5) is 42.6. The molecule has 2 bridgehead atoms. The lowest BCUT2D eigenvalue weighted by molar-refractivity contribution is -0.154. The molecule has 3 heterocycles. The SMILES string of the molecule is C=CCN(C(=O)[C@@H]1N([C@@H](CC)CO)C(=O)[C@H]2[C@H](C(=O)O)[C@H]3O[C@@]12CC3Br)C(C)CCC. The van der Waals surface area contributed by atoms with Gasteiger partial charge in [-0.3, -0.25) is 14.4 Å². The van der Waals surface area contributed by atoms with Crippen LogP contribution in [0.1, 0.15) is 46.5 Å². The number of hydrogen-bond donors (Lipinski definition) is 2. The Morgan fingerprint density at radius 1 is 1.45 bits per heavy atom. The quantitative estimate of drug-likeness (QED) is 0.349. The maximum absolute atomic E-state index is 14.0. The standard InChI is InChI=1S/C22H33BrN2O6/c1-5-8-12(4)24(9-6-2)20(28)18-22-10-14(23)17(31-22)15(21(29)30)16(22)19(27)25(18)13(7-3)11-26/h6,12-18,26H,2,5,7-11H2,1,3-4H3,(H,29,30)/t12?,13-,14?,15-,16+,17-,18-,22+/m0/s1. The largest absolute Gasteiger partial charge is 0.481 e. The predicted molar refractivity (Wildman–Crippen MR) is 118 cm³/mol. The van der Waals surface area contributed by atoms with Gasteiger partial charge in [-0.2, -0.15) is 0 Å². The van der Waals surface area contributed by atoms with E-state index in [9.17, 15) is 24.6 Å². The Morgan fingerprint density at radius 2 is 2.13 bits per heavy atom. The van der Waals surface area contributed by atoms with Gasteiger partial charge in [-0.15, -0.1) is 6.58 Å². The van der Waals surface area contributed by atoms with Gasteiger partial charge in [0, 0.05) is 17.4 Å². The lowest BCUT2D eigenvalue weighted by Crippen LogP contribution is -2.60. The van der Waals surface area contributed by atoms with Crippen LogP contribution in [0.2, 0.25) is 0 Å². The van der Waals surface area contributed by atoms with E-state index in [1.54, 1.807) is 11.0 Å². The average Bonchev–Trinajstić information content (AvgIpc) is 3.31. The lowest BCUT2D eigenvalue weighted by atomic mass is 9.70. The van der Waals surface area contributed by atoms with Gasteiger partial charge in [-0.05, 0) is 26.2 Å². The Kier molecular flexibility index (Phi) is 7.18. The summed E-state index contributed by atoms with van der Waals surface area (Å²) in [5.74, 6) is -3.74. The number of alkyl halides is 1. The Hall–Kier alpha value is -1.45. The third kappa shape index (κ3) is 3.62. The van der Waals surface area contributed by atoms with E-state index in [2.05, 4.69) is 22.5 Å². The Labute approximate surface area is 191 Å². The molecule has 0 aromatic carbocycles. The zero-order valence-corrected chi connectivity index (χ0v) is 20.0. The Balaban J connectivity index is 2.12. The van der Waals surface area contributed by atoms with E-state index in [1.165, 1.54) is 4.90 Å². The number of carbonyl (C=O) groups excluding carboxylic acids is 2. The van der Waals surface area contributed by atoms with Crippen molar-refractivity contribution in [1.82, 2.24) is 9.80 Å². The molecule has 3 aliphatic rings. The van der Waals surface area contributed by atoms with Gasteiger partial charge in [0.25, 0.3) is 0 Å². The van der Waals surface area contributed by atoms with Crippen LogP contribution in [0.25, 0.3) is 0 Å². The van der Waals surface area contributed by atoms with Gasteiger partial charge in [-0.1, -0.05) is 42.3 Å². The first-order chi connectivity index (χ1) is 14.7. The van der Waals surface area contributed by atoms with E-state index in [-0.39, 0.29) is 23.4 Å². The highest BCUT2D eigenvalue weighted by Crippen LogP contribution is 2.60. The number of likely N-dealkylation sites (tertiary alicyclic amines) is 1. The summed E-state index contributed by atoms with van der Waals surface area (Å²) in [6.45, 7) is 9.64. The van der Waals surface area contributed by atoms with Crippen LogP contribution >= 0.6 is 15.9 Å². The molecule has 3 saturated heterocycles. The van der Waals surface area contributed by atoms with Crippen LogP contribution in [0.15, 0.2) is 12.7 Å². The highest BCUT2D eigenvalue weighted by Gasteiger charge is 2.77. The molecule has 2 unspecified atom stereocenters. The fraction of sp³-hybridized carbons (Fsp3) is 0.773. The number of nitrogens with zero attached hydrogens (tertiary/aromatic N) is 2. The molecule has 31 heavy (non-hydrogen) atoms. The van der Waals surface area contributed by atoms with Crippen LogP contribution < -0.4 is 0 Å². The topological polar surface area (TPSA) is 107 Å². The zero-order chi connectivity index (χ0) is 23.1. The first kappa shape index (κ1) is 24.2. The van der Waals surface area contributed by atoms with Crippen molar-refractivity contribution in [3.05, 3.63) is 12.7 Å². The van der Waals surface area contributed by atoms with Crippen molar-refractivity contribution in [3.63, 3.8) is 0 Å². The lowest BCUT2D eigenvalue weighted by Gasteiger charge is -2.40. The van der Waals surface area contributed by atoms with Crippen molar-refractivity contribution >= 4 is 33.7 Å². The van der Waals surface area contributed by atoms with Gasteiger partial charge in [0.2, 0.25) is 11.8 Å². The summed E-state index contributed by atoms with van der Waals surface area (Å²) in [5, 5.41) is 19.9. The smallest absolute Gasteiger partial charge is 0.310 e. The summed E-state index contributed by atoms with van der Waals surface area (Å²) in [6.07, 6.45) is 3.48. The van der Waals surface area contributed by atoms with Gasteiger partial charge in [0.15, 0.2) is 0 Å². The molecule has 0 aliphatic carbocycles. The summed E-state index contributed by atoms with van der Waals surface area (Å²) >= 11 is 3.54. The molecule has 8 nitrogen and oxygen atoms in total. The fourth-order valence-electron chi connectivity index (χ4n) is 5.79. The van der Waals surface area contributed by atoms with Crippen LogP contribution in [-0.2, 0) is 19.1 Å². The van der Waals surface area contributed by atoms with Crippen molar-refractivity contribution in [2.75, 3.05) is 13.2 Å². The van der Waals surface area contributed by atoms with Crippen molar-refractivity contribution < 1.29 is 29.3 Å². The fourth-order valence-corrected chi connectivity index (χ4v) is 6.74. The third-order valence-corrected chi connectivity index (χ3v) is 8.01. The van der Waals surface area contributed by atoms with Gasteiger partial charge in [0.05, 0.1) is 30.6 Å². The number of aliphatic hydroxyl groups excluding tert-OH is 1. The molecule has 9 heteroatoms. The number of carboxylic acids is 1. The summed E-state index contributed by atoms with van der Waals surface area (Å²) in [5.41, 5.74) is -1.22. The normalized spacial score (nSPS) is 35.7. The molecule has 3 rings (SSSR count). The summed E-state index contributed by atoms with van der Waals surface area (Å²) in [6, 6.07) is -1.64. The summed E-state index contributed by atoms with van der Waals surface area (Å²) in [7, 11) is 0. The molecule has 2 N–H and O–H groups in total. The van der Waals surface area contributed by atoms with Crippen LogP contribution in [0.5, 0.6) is 0 Å². The van der Waals surface area contributed by atoms with E-state index in [0.29, 0.717) is 19.4 Å². The molecule has 174 valence electrons. The van der Waals surface area contributed by atoms with Crippen LogP contribution in [-0.4, -0.2) is 85.6 Å². The number of amides is 2. The third-order valence-electron chi connectivity index (χ3n) is 7.17. The van der Waals surface area contributed by atoms with Crippen molar-refractivity contribution in [2.45, 2.75) is 81.1 Å². The van der Waals surface area contributed by atoms with E-state index in [0.717, 1.165) is 12.8 Å². The molecule has 3 fully saturated rings. The minimum absolute atomic E-state index is 0.0780. The highest BCUT2D eigenvalue weighted by atomic mass is 79.9. The molecule has 1 spiro atoms. The van der Waals surface area contributed by atoms with E-state index in [4.69, 9.17) is 4.74 Å². The van der Waals surface area contributed by atoms with Crippen molar-refractivity contribution in [1.29, 1.82) is 0 Å². The molecule has 0 saturated carbocycles. The number of aliphatic carboxylic acids is 1. The van der Waals surface area contributed by atoms with Crippen LogP contribution in [0.4, 0.5) is 0 Å². The van der Waals surface area contributed by atoms with E-state index < -0.39 is 47.5 Å². The van der Waals surface area contributed by atoms with Crippen LogP contribution in [0.3, 0.4) is 0 Å². The number of carbonyl (C=O) groups is 3. The van der Waals surface area contributed by atoms with E-state index >= 15 is 0 Å². The minimum Gasteiger partial charge on any atom is -0.481 e. The number of ether oxygens (including phenoxy) is 1. The second-order valence-corrected chi connectivity index (χ2v) is 10.1. The second kappa shape index (κ2) is 9.19. The van der Waals surface area contributed by atoms with Gasteiger partial charge in [0.1, 0.15) is 11.6 Å². The first-order valence-corrected chi connectivity index (χ1v) is 12.0. The molecule has 0 aromatic heterocycles.